The monoisotopic (exact) mass is 375 g/mol. The molecule has 1 amide bonds. The van der Waals surface area contributed by atoms with Crippen LogP contribution in [0.15, 0.2) is 79.1 Å². The average molecular weight is 375 g/mol. The van der Waals surface area contributed by atoms with Crippen LogP contribution in [0.3, 0.4) is 0 Å². The molecule has 7 nitrogen and oxygen atoms in total. The number of benzene rings is 3. The van der Waals surface area contributed by atoms with Gasteiger partial charge < -0.3 is 10.1 Å². The van der Waals surface area contributed by atoms with E-state index in [-0.39, 0.29) is 5.69 Å². The lowest BCUT2D eigenvalue weighted by molar-refractivity contribution is 0.102. The first-order chi connectivity index (χ1) is 13.7. The first kappa shape index (κ1) is 17.3. The quantitative estimate of drug-likeness (QED) is 0.573. The van der Waals surface area contributed by atoms with Crippen LogP contribution in [0.5, 0.6) is 11.5 Å². The highest BCUT2D eigenvalue weighted by atomic mass is 19.1. The Bertz CT molecular complexity index is 1100. The van der Waals surface area contributed by atoms with Crippen molar-refractivity contribution in [2.24, 2.45) is 0 Å². The minimum atomic E-state index is -0.568. The maximum absolute atomic E-state index is 14.2. The highest BCUT2D eigenvalue weighted by molar-refractivity contribution is 6.04. The topological polar surface area (TPSA) is 81.9 Å². The molecule has 1 heterocycles. The summed E-state index contributed by atoms with van der Waals surface area (Å²) in [5.74, 6) is 0.121. The minimum Gasteiger partial charge on any atom is -0.457 e. The van der Waals surface area contributed by atoms with E-state index < -0.39 is 11.7 Å². The van der Waals surface area contributed by atoms with E-state index in [1.54, 1.807) is 24.3 Å². The SMILES string of the molecule is O=C(Nc1cc(-n2cnnn2)ccc1F)c1cccc(Oc2ccccc2)c1. The van der Waals surface area contributed by atoms with E-state index in [1.807, 2.05) is 30.3 Å². The van der Waals surface area contributed by atoms with Crippen LogP contribution >= 0.6 is 0 Å². The van der Waals surface area contributed by atoms with Crippen molar-refractivity contribution < 1.29 is 13.9 Å². The van der Waals surface area contributed by atoms with Crippen LogP contribution in [0.25, 0.3) is 5.69 Å². The molecule has 0 spiro atoms. The molecule has 0 fully saturated rings. The predicted octanol–water partition coefficient (Wildman–Crippen LogP) is 3.85. The summed E-state index contributed by atoms with van der Waals surface area (Å²) < 4.78 is 21.2. The Kier molecular flexibility index (Phi) is 4.75. The third-order valence-corrected chi connectivity index (χ3v) is 3.89. The van der Waals surface area contributed by atoms with E-state index in [0.29, 0.717) is 22.7 Å². The summed E-state index contributed by atoms with van der Waals surface area (Å²) in [5.41, 5.74) is 0.871. The number of para-hydroxylation sites is 1. The van der Waals surface area contributed by atoms with E-state index in [0.717, 1.165) is 0 Å². The second-order valence-electron chi connectivity index (χ2n) is 5.82. The molecule has 0 aliphatic heterocycles. The van der Waals surface area contributed by atoms with Crippen LogP contribution in [-0.4, -0.2) is 26.1 Å². The van der Waals surface area contributed by atoms with Crippen LogP contribution < -0.4 is 10.1 Å². The van der Waals surface area contributed by atoms with Crippen molar-refractivity contribution in [1.82, 2.24) is 20.2 Å². The molecule has 4 rings (SSSR count). The van der Waals surface area contributed by atoms with Gasteiger partial charge in [-0.1, -0.05) is 24.3 Å². The second-order valence-corrected chi connectivity index (χ2v) is 5.82. The number of nitrogens with one attached hydrogen (secondary N) is 1. The number of ether oxygens (including phenoxy) is 1. The summed E-state index contributed by atoms with van der Waals surface area (Å²) in [6, 6.07) is 20.1. The fraction of sp³-hybridized carbons (Fsp3) is 0. The van der Waals surface area contributed by atoms with Gasteiger partial charge in [0.2, 0.25) is 0 Å². The zero-order chi connectivity index (χ0) is 19.3. The Morgan fingerprint density at radius 3 is 2.57 bits per heavy atom. The first-order valence-corrected chi connectivity index (χ1v) is 8.36. The van der Waals surface area contributed by atoms with Crippen LogP contribution in [0.4, 0.5) is 10.1 Å². The summed E-state index contributed by atoms with van der Waals surface area (Å²) >= 11 is 0. The van der Waals surface area contributed by atoms with E-state index in [2.05, 4.69) is 20.8 Å². The lowest BCUT2D eigenvalue weighted by Crippen LogP contribution is -2.13. The van der Waals surface area contributed by atoms with Gasteiger partial charge in [0.1, 0.15) is 23.6 Å². The molecule has 0 unspecified atom stereocenters. The van der Waals surface area contributed by atoms with Gasteiger partial charge in [-0.3, -0.25) is 4.79 Å². The Labute approximate surface area is 159 Å². The zero-order valence-corrected chi connectivity index (χ0v) is 14.5. The van der Waals surface area contributed by atoms with Crippen LogP contribution in [0, 0.1) is 5.82 Å². The zero-order valence-electron chi connectivity index (χ0n) is 14.5. The van der Waals surface area contributed by atoms with Gasteiger partial charge >= 0.3 is 0 Å². The number of nitrogens with zero attached hydrogens (tertiary/aromatic N) is 4. The van der Waals surface area contributed by atoms with Gasteiger partial charge in [-0.05, 0) is 59.0 Å². The Hall–Kier alpha value is -4.07. The van der Waals surface area contributed by atoms with Crippen molar-refractivity contribution in [1.29, 1.82) is 0 Å². The molecule has 0 saturated heterocycles. The average Bonchev–Trinajstić information content (AvgIpc) is 3.25. The molecule has 0 saturated carbocycles. The molecule has 0 radical (unpaired) electrons. The van der Waals surface area contributed by atoms with Gasteiger partial charge in [0.05, 0.1) is 11.4 Å². The number of carbonyl (C=O) groups is 1. The maximum Gasteiger partial charge on any atom is 0.255 e. The lowest BCUT2D eigenvalue weighted by Gasteiger charge is -2.10. The van der Waals surface area contributed by atoms with Crippen LogP contribution in [0.1, 0.15) is 10.4 Å². The molecule has 0 bridgehead atoms. The van der Waals surface area contributed by atoms with Crippen molar-refractivity contribution >= 4 is 11.6 Å². The molecule has 0 atom stereocenters. The summed E-state index contributed by atoms with van der Waals surface area (Å²) in [7, 11) is 0. The second kappa shape index (κ2) is 7.67. The third-order valence-electron chi connectivity index (χ3n) is 3.89. The number of rotatable bonds is 5. The predicted molar refractivity (Wildman–Crippen MR) is 100 cm³/mol. The lowest BCUT2D eigenvalue weighted by atomic mass is 10.2. The highest BCUT2D eigenvalue weighted by Crippen LogP contribution is 2.23. The van der Waals surface area contributed by atoms with E-state index >= 15 is 0 Å². The fourth-order valence-electron chi connectivity index (χ4n) is 2.55. The van der Waals surface area contributed by atoms with Gasteiger partial charge in [0, 0.05) is 5.56 Å². The Balaban J connectivity index is 1.54. The van der Waals surface area contributed by atoms with Gasteiger partial charge in [-0.2, -0.15) is 0 Å². The van der Waals surface area contributed by atoms with Crippen molar-refractivity contribution in [3.8, 4) is 17.2 Å². The van der Waals surface area contributed by atoms with Crippen LogP contribution in [0.2, 0.25) is 0 Å². The minimum absolute atomic E-state index is 0.0207. The van der Waals surface area contributed by atoms with Gasteiger partial charge in [-0.25, -0.2) is 9.07 Å². The number of tetrazole rings is 1. The highest BCUT2D eigenvalue weighted by Gasteiger charge is 2.12. The molecule has 4 aromatic rings. The van der Waals surface area contributed by atoms with E-state index in [1.165, 1.54) is 29.2 Å². The van der Waals surface area contributed by atoms with Gasteiger partial charge in [-0.15, -0.1) is 5.10 Å². The number of aromatic nitrogens is 4. The van der Waals surface area contributed by atoms with Crippen LogP contribution in [-0.2, 0) is 0 Å². The molecule has 1 aromatic heterocycles. The number of hydrogen-bond acceptors (Lipinski definition) is 5. The summed E-state index contributed by atoms with van der Waals surface area (Å²) in [6.45, 7) is 0. The van der Waals surface area contributed by atoms with Crippen molar-refractivity contribution in [2.75, 3.05) is 5.32 Å². The largest absolute Gasteiger partial charge is 0.457 e. The number of halogens is 1. The molecular weight excluding hydrogens is 361 g/mol. The molecule has 1 N–H and O–H groups in total. The molecular formula is C20H14FN5O2. The third kappa shape index (κ3) is 3.85. The van der Waals surface area contributed by atoms with Crippen molar-refractivity contribution in [3.63, 3.8) is 0 Å². The summed E-state index contributed by atoms with van der Waals surface area (Å²) in [6.07, 6.45) is 1.38. The molecule has 3 aromatic carbocycles. The van der Waals surface area contributed by atoms with Gasteiger partial charge in [0.15, 0.2) is 0 Å². The van der Waals surface area contributed by atoms with Gasteiger partial charge in [0.25, 0.3) is 5.91 Å². The normalized spacial score (nSPS) is 10.5. The fourth-order valence-corrected chi connectivity index (χ4v) is 2.55. The molecule has 0 aliphatic carbocycles. The van der Waals surface area contributed by atoms with E-state index in [9.17, 15) is 9.18 Å². The molecule has 138 valence electrons. The van der Waals surface area contributed by atoms with E-state index in [4.69, 9.17) is 4.74 Å². The number of hydrogen-bond donors (Lipinski definition) is 1. The number of carbonyl (C=O) groups excluding carboxylic acids is 1. The maximum atomic E-state index is 14.2. The number of anilines is 1. The number of amides is 1. The Morgan fingerprint density at radius 2 is 1.79 bits per heavy atom. The van der Waals surface area contributed by atoms with Crippen molar-refractivity contribution in [2.45, 2.75) is 0 Å². The molecule has 8 heteroatoms. The summed E-state index contributed by atoms with van der Waals surface area (Å²) in [4.78, 5) is 12.6. The summed E-state index contributed by atoms with van der Waals surface area (Å²) in [5, 5.41) is 13.4. The smallest absolute Gasteiger partial charge is 0.255 e. The van der Waals surface area contributed by atoms with Crippen molar-refractivity contribution in [3.05, 3.63) is 90.5 Å². The molecule has 0 aliphatic rings. The Morgan fingerprint density at radius 1 is 0.964 bits per heavy atom. The molecule has 28 heavy (non-hydrogen) atoms. The standard InChI is InChI=1S/C20H14FN5O2/c21-18-10-9-15(26-13-22-24-25-26)12-19(18)23-20(27)14-5-4-8-17(11-14)28-16-6-2-1-3-7-16/h1-13H,(H,23,27). The first-order valence-electron chi connectivity index (χ1n) is 8.36.